The molecule has 0 atom stereocenters. The van der Waals surface area contributed by atoms with Crippen molar-refractivity contribution >= 4 is 46.6 Å². The van der Waals surface area contributed by atoms with Gasteiger partial charge >= 0.3 is 0 Å². The van der Waals surface area contributed by atoms with E-state index in [1.54, 1.807) is 36.5 Å². The van der Waals surface area contributed by atoms with Crippen molar-refractivity contribution in [3.05, 3.63) is 76.9 Å². The number of anilines is 2. The quantitative estimate of drug-likeness (QED) is 0.675. The van der Waals surface area contributed by atoms with Crippen LogP contribution in [0.4, 0.5) is 11.4 Å². The minimum atomic E-state index is -0.313. The zero-order valence-electron chi connectivity index (χ0n) is 15.0. The third kappa shape index (κ3) is 3.61. The Bertz CT molecular complexity index is 1090. The largest absolute Gasteiger partial charge is 0.324 e. The van der Waals surface area contributed by atoms with Crippen LogP contribution in [0.3, 0.4) is 0 Å². The number of nitrogens with one attached hydrogen (secondary N) is 1. The molecule has 2 aromatic carbocycles. The molecule has 1 aliphatic heterocycles. The van der Waals surface area contributed by atoms with Crippen molar-refractivity contribution in [3.63, 3.8) is 0 Å². The molecule has 4 rings (SSSR count). The number of amides is 2. The van der Waals surface area contributed by atoms with Crippen molar-refractivity contribution in [1.82, 2.24) is 4.98 Å². The Hall–Kier alpha value is -2.83. The maximum atomic E-state index is 13.2. The van der Waals surface area contributed by atoms with E-state index in [-0.39, 0.29) is 18.4 Å². The number of hydrogen-bond donors (Lipinski definition) is 1. The summed E-state index contributed by atoms with van der Waals surface area (Å²) in [5.74, 6) is -0.542. The van der Waals surface area contributed by atoms with Crippen LogP contribution in [0, 0.1) is 6.92 Å². The number of nitrogens with zero attached hydrogens (tertiary/aromatic N) is 2. The predicted octanol–water partition coefficient (Wildman–Crippen LogP) is 4.79. The number of pyridine rings is 1. The van der Waals surface area contributed by atoms with Gasteiger partial charge in [-0.25, -0.2) is 4.98 Å². The summed E-state index contributed by atoms with van der Waals surface area (Å²) in [4.78, 5) is 32.5. The van der Waals surface area contributed by atoms with Crippen molar-refractivity contribution < 1.29 is 9.59 Å². The molecule has 1 N–H and O–H groups in total. The monoisotopic (exact) mass is 409 g/mol. The first-order valence-corrected chi connectivity index (χ1v) is 9.82. The number of carbonyl (C=O) groups is 2. The second-order valence-electron chi connectivity index (χ2n) is 6.33. The molecule has 0 fully saturated rings. The number of fused-ring (bicyclic) bond motifs is 2. The van der Waals surface area contributed by atoms with Gasteiger partial charge in [-0.2, -0.15) is 0 Å². The molecule has 0 saturated heterocycles. The number of aryl methyl sites for hydroxylation is 1. The molecule has 7 heteroatoms. The van der Waals surface area contributed by atoms with E-state index in [4.69, 9.17) is 11.6 Å². The van der Waals surface area contributed by atoms with Crippen LogP contribution in [0.25, 0.3) is 0 Å². The standard InChI is InChI=1S/C21H16ClN3O2S/c1-13-8-9-14(11-16(13)22)24-19(26)12-25-17-6-4-10-23-20(17)28-18-7-3-2-5-15(18)21(25)27/h2-11H,12H2,1H3,(H,24,26). The minimum absolute atomic E-state index is 0.127. The van der Waals surface area contributed by atoms with E-state index < -0.39 is 0 Å². The normalized spacial score (nSPS) is 12.8. The van der Waals surface area contributed by atoms with E-state index in [1.807, 2.05) is 31.2 Å². The maximum absolute atomic E-state index is 13.2. The van der Waals surface area contributed by atoms with Gasteiger partial charge in [0.2, 0.25) is 5.91 Å². The van der Waals surface area contributed by atoms with Gasteiger partial charge < -0.3 is 5.32 Å². The molecule has 2 amide bonds. The lowest BCUT2D eigenvalue weighted by molar-refractivity contribution is -0.114. The van der Waals surface area contributed by atoms with Gasteiger partial charge in [-0.1, -0.05) is 41.6 Å². The fourth-order valence-electron chi connectivity index (χ4n) is 2.93. The van der Waals surface area contributed by atoms with Crippen molar-refractivity contribution in [2.75, 3.05) is 16.8 Å². The molecule has 0 saturated carbocycles. The molecule has 0 spiro atoms. The highest BCUT2D eigenvalue weighted by Crippen LogP contribution is 2.39. The number of rotatable bonds is 3. The van der Waals surface area contributed by atoms with Crippen LogP contribution >= 0.6 is 23.4 Å². The van der Waals surface area contributed by atoms with E-state index in [9.17, 15) is 9.59 Å². The van der Waals surface area contributed by atoms with Crippen molar-refractivity contribution in [3.8, 4) is 0 Å². The lowest BCUT2D eigenvalue weighted by Gasteiger charge is -2.22. The van der Waals surface area contributed by atoms with Crippen LogP contribution in [-0.2, 0) is 4.79 Å². The first-order valence-electron chi connectivity index (χ1n) is 8.63. The summed E-state index contributed by atoms with van der Waals surface area (Å²) in [5.41, 5.74) is 2.68. The number of carbonyl (C=O) groups excluding carboxylic acids is 2. The third-order valence-corrected chi connectivity index (χ3v) is 5.86. The number of benzene rings is 2. The van der Waals surface area contributed by atoms with Crippen LogP contribution in [0.15, 0.2) is 70.7 Å². The molecule has 0 radical (unpaired) electrons. The van der Waals surface area contributed by atoms with E-state index in [1.165, 1.54) is 16.7 Å². The molecular formula is C21H16ClN3O2S. The lowest BCUT2D eigenvalue weighted by Crippen LogP contribution is -2.38. The maximum Gasteiger partial charge on any atom is 0.259 e. The smallest absolute Gasteiger partial charge is 0.259 e. The Labute approximate surface area is 171 Å². The van der Waals surface area contributed by atoms with Crippen molar-refractivity contribution in [1.29, 1.82) is 0 Å². The summed E-state index contributed by atoms with van der Waals surface area (Å²) in [6.45, 7) is 1.76. The fraction of sp³-hybridized carbons (Fsp3) is 0.0952. The highest BCUT2D eigenvalue weighted by Gasteiger charge is 2.29. The summed E-state index contributed by atoms with van der Waals surface area (Å²) in [7, 11) is 0. The topological polar surface area (TPSA) is 62.3 Å². The molecule has 140 valence electrons. The molecule has 2 heterocycles. The van der Waals surface area contributed by atoms with Crippen LogP contribution in [-0.4, -0.2) is 23.3 Å². The van der Waals surface area contributed by atoms with Gasteiger partial charge in [-0.3, -0.25) is 14.5 Å². The summed E-state index contributed by atoms with van der Waals surface area (Å²) >= 11 is 7.55. The number of halogens is 1. The molecule has 28 heavy (non-hydrogen) atoms. The molecule has 0 bridgehead atoms. The van der Waals surface area contributed by atoms with Gasteiger partial charge in [0, 0.05) is 21.8 Å². The fourth-order valence-corrected chi connectivity index (χ4v) is 4.13. The summed E-state index contributed by atoms with van der Waals surface area (Å²) in [6.07, 6.45) is 1.68. The minimum Gasteiger partial charge on any atom is -0.324 e. The Morgan fingerprint density at radius 3 is 2.82 bits per heavy atom. The number of aromatic nitrogens is 1. The first kappa shape index (κ1) is 18.5. The van der Waals surface area contributed by atoms with E-state index >= 15 is 0 Å². The SMILES string of the molecule is Cc1ccc(NC(=O)CN2C(=O)c3ccccc3Sc3ncccc32)cc1Cl. The van der Waals surface area contributed by atoms with Gasteiger partial charge in [-0.15, -0.1) is 0 Å². The molecule has 5 nitrogen and oxygen atoms in total. The molecule has 1 aromatic heterocycles. The van der Waals surface area contributed by atoms with Crippen molar-refractivity contribution in [2.24, 2.45) is 0 Å². The third-order valence-electron chi connectivity index (χ3n) is 4.37. The van der Waals surface area contributed by atoms with Crippen molar-refractivity contribution in [2.45, 2.75) is 16.8 Å². The van der Waals surface area contributed by atoms with Gasteiger partial charge in [0.1, 0.15) is 11.6 Å². The van der Waals surface area contributed by atoms with Crippen LogP contribution in [0.2, 0.25) is 5.02 Å². The average Bonchev–Trinajstić information content (AvgIpc) is 2.80. The average molecular weight is 410 g/mol. The Balaban J connectivity index is 1.64. The van der Waals surface area contributed by atoms with Crippen LogP contribution in [0.5, 0.6) is 0 Å². The molecule has 3 aromatic rings. The predicted molar refractivity (Wildman–Crippen MR) is 111 cm³/mol. The number of hydrogen-bond acceptors (Lipinski definition) is 4. The lowest BCUT2D eigenvalue weighted by atomic mass is 10.2. The molecule has 0 aliphatic carbocycles. The highest BCUT2D eigenvalue weighted by atomic mass is 35.5. The van der Waals surface area contributed by atoms with E-state index in [0.717, 1.165) is 10.5 Å². The zero-order chi connectivity index (χ0) is 19.7. The Kier molecular flexibility index (Phi) is 5.07. The second kappa shape index (κ2) is 7.66. The van der Waals surface area contributed by atoms with Gasteiger partial charge in [-0.05, 0) is 48.9 Å². The summed E-state index contributed by atoms with van der Waals surface area (Å²) < 4.78 is 0. The molecular weight excluding hydrogens is 394 g/mol. The summed E-state index contributed by atoms with van der Waals surface area (Å²) in [5, 5.41) is 4.07. The second-order valence-corrected chi connectivity index (χ2v) is 7.77. The van der Waals surface area contributed by atoms with Gasteiger partial charge in [0.25, 0.3) is 5.91 Å². The van der Waals surface area contributed by atoms with Crippen LogP contribution < -0.4 is 10.2 Å². The Morgan fingerprint density at radius 1 is 1.18 bits per heavy atom. The van der Waals surface area contributed by atoms with Gasteiger partial charge in [0.15, 0.2) is 0 Å². The van der Waals surface area contributed by atoms with E-state index in [0.29, 0.717) is 27.0 Å². The van der Waals surface area contributed by atoms with E-state index in [2.05, 4.69) is 10.3 Å². The zero-order valence-corrected chi connectivity index (χ0v) is 16.6. The highest BCUT2D eigenvalue weighted by molar-refractivity contribution is 7.99. The van der Waals surface area contributed by atoms with Crippen LogP contribution in [0.1, 0.15) is 15.9 Å². The molecule has 1 aliphatic rings. The van der Waals surface area contributed by atoms with Gasteiger partial charge in [0.05, 0.1) is 11.3 Å². The summed E-state index contributed by atoms with van der Waals surface area (Å²) in [6, 6.07) is 16.2. The molecule has 0 unspecified atom stereocenters. The first-order chi connectivity index (χ1) is 13.5. The Morgan fingerprint density at radius 2 is 2.00 bits per heavy atom.